The smallest absolute Gasteiger partial charge is 0.220 e. The van der Waals surface area contributed by atoms with Crippen molar-refractivity contribution in [3.63, 3.8) is 0 Å². The molecule has 5 heteroatoms. The van der Waals surface area contributed by atoms with Crippen molar-refractivity contribution in [2.45, 2.75) is 12.8 Å². The molecule has 0 aliphatic heterocycles. The topological polar surface area (TPSA) is 67.0 Å². The number of H-pyrrole nitrogens is 1. The standard InChI is InChI=1S/C18H19N3O2/c22-18(19-12-13-23-14-6-2-1-3-7-14)11-10-17-20-15-8-4-5-9-16(15)21-17/h1-9H,10-13H2,(H,19,22)(H,20,21). The molecule has 0 unspecified atom stereocenters. The number of ether oxygens (including phenoxy) is 1. The molecule has 2 N–H and O–H groups in total. The first-order valence-electron chi connectivity index (χ1n) is 7.69. The average Bonchev–Trinajstić information content (AvgIpc) is 3.01. The highest BCUT2D eigenvalue weighted by atomic mass is 16.5. The van der Waals surface area contributed by atoms with Crippen LogP contribution in [0.5, 0.6) is 5.75 Å². The fraction of sp³-hybridized carbons (Fsp3) is 0.222. The van der Waals surface area contributed by atoms with E-state index in [0.29, 0.717) is 26.0 Å². The van der Waals surface area contributed by atoms with E-state index in [1.54, 1.807) is 0 Å². The lowest BCUT2D eigenvalue weighted by atomic mass is 10.3. The number of rotatable bonds is 7. The predicted molar refractivity (Wildman–Crippen MR) is 89.4 cm³/mol. The average molecular weight is 309 g/mol. The normalized spacial score (nSPS) is 10.6. The molecule has 1 aromatic heterocycles. The Bertz CT molecular complexity index is 735. The second-order valence-electron chi connectivity index (χ2n) is 5.21. The molecule has 2 aromatic carbocycles. The van der Waals surface area contributed by atoms with Crippen molar-refractivity contribution >= 4 is 16.9 Å². The molecule has 3 aromatic rings. The molecule has 0 saturated heterocycles. The molecule has 0 bridgehead atoms. The van der Waals surface area contributed by atoms with Crippen molar-refractivity contribution in [1.29, 1.82) is 0 Å². The maximum absolute atomic E-state index is 11.8. The molecule has 118 valence electrons. The summed E-state index contributed by atoms with van der Waals surface area (Å²) in [6.45, 7) is 0.953. The van der Waals surface area contributed by atoms with Gasteiger partial charge in [-0.1, -0.05) is 30.3 Å². The number of carbonyl (C=O) groups is 1. The van der Waals surface area contributed by atoms with Gasteiger partial charge in [0.25, 0.3) is 0 Å². The van der Waals surface area contributed by atoms with Crippen LogP contribution in [-0.4, -0.2) is 29.0 Å². The number of nitrogens with one attached hydrogen (secondary N) is 2. The van der Waals surface area contributed by atoms with Gasteiger partial charge in [0, 0.05) is 12.8 Å². The molecular formula is C18H19N3O2. The summed E-state index contributed by atoms with van der Waals surface area (Å²) in [7, 11) is 0. The van der Waals surface area contributed by atoms with Gasteiger partial charge in [0.1, 0.15) is 18.2 Å². The number of para-hydroxylation sites is 3. The number of benzene rings is 2. The maximum Gasteiger partial charge on any atom is 0.220 e. The zero-order valence-electron chi connectivity index (χ0n) is 12.8. The van der Waals surface area contributed by atoms with Gasteiger partial charge in [-0.2, -0.15) is 0 Å². The highest BCUT2D eigenvalue weighted by Crippen LogP contribution is 2.11. The SMILES string of the molecule is O=C(CCc1nc2ccccc2[nH]1)NCCOc1ccccc1. The molecule has 1 amide bonds. The summed E-state index contributed by atoms with van der Waals surface area (Å²) in [4.78, 5) is 19.5. The Balaban J connectivity index is 1.38. The van der Waals surface area contributed by atoms with Crippen molar-refractivity contribution in [2.75, 3.05) is 13.2 Å². The molecule has 3 rings (SSSR count). The first-order valence-corrected chi connectivity index (χ1v) is 7.69. The molecule has 0 atom stereocenters. The van der Waals surface area contributed by atoms with E-state index in [9.17, 15) is 4.79 Å². The van der Waals surface area contributed by atoms with Crippen molar-refractivity contribution in [1.82, 2.24) is 15.3 Å². The highest BCUT2D eigenvalue weighted by molar-refractivity contribution is 5.77. The Labute approximate surface area is 134 Å². The molecule has 23 heavy (non-hydrogen) atoms. The molecule has 0 fully saturated rings. The molecule has 0 aliphatic carbocycles. The van der Waals surface area contributed by atoms with Gasteiger partial charge in [-0.25, -0.2) is 4.98 Å². The van der Waals surface area contributed by atoms with Gasteiger partial charge in [-0.15, -0.1) is 0 Å². The van der Waals surface area contributed by atoms with Gasteiger partial charge < -0.3 is 15.0 Å². The summed E-state index contributed by atoms with van der Waals surface area (Å²) in [6.07, 6.45) is 1.01. The molecule has 0 spiro atoms. The first kappa shape index (κ1) is 15.1. The number of hydrogen-bond acceptors (Lipinski definition) is 3. The zero-order chi connectivity index (χ0) is 15.9. The van der Waals surface area contributed by atoms with Crippen molar-refractivity contribution in [3.8, 4) is 5.75 Å². The molecule has 1 heterocycles. The number of carbonyl (C=O) groups excluding carboxylic acids is 1. The number of imidazole rings is 1. The summed E-state index contributed by atoms with van der Waals surface area (Å²) >= 11 is 0. The third-order valence-corrected chi connectivity index (χ3v) is 3.46. The fourth-order valence-corrected chi connectivity index (χ4v) is 2.32. The number of aromatic nitrogens is 2. The van der Waals surface area contributed by atoms with E-state index in [-0.39, 0.29) is 5.91 Å². The Kier molecular flexibility index (Phi) is 4.88. The van der Waals surface area contributed by atoms with Gasteiger partial charge in [0.15, 0.2) is 0 Å². The number of aromatic amines is 1. The van der Waals surface area contributed by atoms with E-state index in [1.165, 1.54) is 0 Å². The van der Waals surface area contributed by atoms with Crippen LogP contribution >= 0.6 is 0 Å². The summed E-state index contributed by atoms with van der Waals surface area (Å²) in [6, 6.07) is 17.4. The van der Waals surface area contributed by atoms with E-state index in [0.717, 1.165) is 22.6 Å². The lowest BCUT2D eigenvalue weighted by Crippen LogP contribution is -2.28. The van der Waals surface area contributed by atoms with Gasteiger partial charge in [0.05, 0.1) is 17.6 Å². The zero-order valence-corrected chi connectivity index (χ0v) is 12.8. The summed E-state index contributed by atoms with van der Waals surface area (Å²) in [5, 5.41) is 2.85. The number of aryl methyl sites for hydroxylation is 1. The number of amides is 1. The number of hydrogen-bond donors (Lipinski definition) is 2. The number of nitrogens with zero attached hydrogens (tertiary/aromatic N) is 1. The molecule has 0 aliphatic rings. The molecule has 0 radical (unpaired) electrons. The van der Waals surface area contributed by atoms with Crippen LogP contribution in [0.1, 0.15) is 12.2 Å². The Morgan fingerprint density at radius 1 is 1.09 bits per heavy atom. The van der Waals surface area contributed by atoms with Crippen LogP contribution in [0.25, 0.3) is 11.0 Å². The Morgan fingerprint density at radius 2 is 1.87 bits per heavy atom. The van der Waals surface area contributed by atoms with Crippen molar-refractivity contribution in [3.05, 3.63) is 60.4 Å². The van der Waals surface area contributed by atoms with Crippen LogP contribution in [0.15, 0.2) is 54.6 Å². The summed E-state index contributed by atoms with van der Waals surface area (Å²) < 4.78 is 5.53. The lowest BCUT2D eigenvalue weighted by Gasteiger charge is -2.07. The fourth-order valence-electron chi connectivity index (χ4n) is 2.32. The van der Waals surface area contributed by atoms with Crippen LogP contribution < -0.4 is 10.1 Å². The second kappa shape index (κ2) is 7.45. The Hall–Kier alpha value is -2.82. The minimum Gasteiger partial charge on any atom is -0.492 e. The summed E-state index contributed by atoms with van der Waals surface area (Å²) in [5.74, 6) is 1.65. The molecule has 0 saturated carbocycles. The molecular weight excluding hydrogens is 290 g/mol. The highest BCUT2D eigenvalue weighted by Gasteiger charge is 2.06. The van der Waals surface area contributed by atoms with Crippen molar-refractivity contribution < 1.29 is 9.53 Å². The van der Waals surface area contributed by atoms with Crippen LogP contribution in [-0.2, 0) is 11.2 Å². The van der Waals surface area contributed by atoms with E-state index < -0.39 is 0 Å². The van der Waals surface area contributed by atoms with Gasteiger partial charge in [-0.05, 0) is 24.3 Å². The first-order chi connectivity index (χ1) is 11.3. The van der Waals surface area contributed by atoms with Crippen LogP contribution in [0.2, 0.25) is 0 Å². The van der Waals surface area contributed by atoms with Crippen LogP contribution in [0.4, 0.5) is 0 Å². The van der Waals surface area contributed by atoms with Crippen LogP contribution in [0.3, 0.4) is 0 Å². The second-order valence-corrected chi connectivity index (χ2v) is 5.21. The van der Waals surface area contributed by atoms with Gasteiger partial charge in [-0.3, -0.25) is 4.79 Å². The quantitative estimate of drug-likeness (QED) is 0.659. The third kappa shape index (κ3) is 4.32. The number of fused-ring (bicyclic) bond motifs is 1. The van der Waals surface area contributed by atoms with Crippen LogP contribution in [0, 0.1) is 0 Å². The van der Waals surface area contributed by atoms with Crippen molar-refractivity contribution in [2.24, 2.45) is 0 Å². The maximum atomic E-state index is 11.8. The van der Waals surface area contributed by atoms with E-state index in [4.69, 9.17) is 4.74 Å². The lowest BCUT2D eigenvalue weighted by molar-refractivity contribution is -0.121. The Morgan fingerprint density at radius 3 is 2.70 bits per heavy atom. The van der Waals surface area contributed by atoms with Gasteiger partial charge in [0.2, 0.25) is 5.91 Å². The summed E-state index contributed by atoms with van der Waals surface area (Å²) in [5.41, 5.74) is 1.93. The largest absolute Gasteiger partial charge is 0.492 e. The minimum absolute atomic E-state index is 0.00196. The molecule has 5 nitrogen and oxygen atoms in total. The van der Waals surface area contributed by atoms with E-state index in [2.05, 4.69) is 15.3 Å². The predicted octanol–water partition coefficient (Wildman–Crippen LogP) is 2.69. The third-order valence-electron chi connectivity index (χ3n) is 3.46. The van der Waals surface area contributed by atoms with E-state index in [1.807, 2.05) is 54.6 Å². The monoisotopic (exact) mass is 309 g/mol. The van der Waals surface area contributed by atoms with E-state index >= 15 is 0 Å². The minimum atomic E-state index is 0.00196. The van der Waals surface area contributed by atoms with Gasteiger partial charge >= 0.3 is 0 Å².